The van der Waals surface area contributed by atoms with Gasteiger partial charge in [0.25, 0.3) is 0 Å². The average molecular weight is 533 g/mol. The van der Waals surface area contributed by atoms with Gasteiger partial charge in [-0.15, -0.1) is 0 Å². The van der Waals surface area contributed by atoms with Gasteiger partial charge in [0.15, 0.2) is 0 Å². The Balaban J connectivity index is 1.62. The van der Waals surface area contributed by atoms with E-state index >= 15 is 0 Å². The van der Waals surface area contributed by atoms with Crippen LogP contribution in [0.2, 0.25) is 0 Å². The second-order valence-electron chi connectivity index (χ2n) is 16.0. The molecule has 0 bridgehead atoms. The molecule has 0 heterocycles. The summed E-state index contributed by atoms with van der Waals surface area (Å²) in [6.07, 6.45) is 6.85. The predicted octanol–water partition coefficient (Wildman–Crippen LogP) is 5.83. The summed E-state index contributed by atoms with van der Waals surface area (Å²) in [5, 5.41) is 33.4. The number of ether oxygens (including phenoxy) is 1. The quantitative estimate of drug-likeness (QED) is 0.395. The summed E-state index contributed by atoms with van der Waals surface area (Å²) >= 11 is 0. The molecule has 6 nitrogen and oxygen atoms in total. The van der Waals surface area contributed by atoms with E-state index in [9.17, 15) is 24.9 Å². The Morgan fingerprint density at radius 2 is 1.45 bits per heavy atom. The third kappa shape index (κ3) is 3.50. The summed E-state index contributed by atoms with van der Waals surface area (Å²) in [5.74, 6) is -0.506. The fraction of sp³-hybridized carbons (Fsp3) is 0.938. The molecule has 0 aliphatic heterocycles. The van der Waals surface area contributed by atoms with Gasteiger partial charge in [-0.25, -0.2) is 0 Å². The number of aliphatic hydroxyl groups is 2. The van der Waals surface area contributed by atoms with E-state index in [2.05, 4.69) is 27.7 Å². The van der Waals surface area contributed by atoms with Gasteiger partial charge >= 0.3 is 11.9 Å². The maximum Gasteiger partial charge on any atom is 0.309 e. The number of aliphatic carboxylic acids is 1. The van der Waals surface area contributed by atoms with Crippen LogP contribution in [0.4, 0.5) is 0 Å². The monoisotopic (exact) mass is 532 g/mol. The molecule has 6 heteroatoms. The van der Waals surface area contributed by atoms with Crippen molar-refractivity contribution >= 4 is 11.9 Å². The lowest BCUT2D eigenvalue weighted by Gasteiger charge is -2.74. The SMILES string of the molecule is CC(=O)O[C@H]1C[C@]2(C)[C@H](CC[C@@H]3[C@@]4(C)CC[C@H](C(C)(C)O)[C@@H]4[C@@H](O)C[C@]32C)[C@@]2(C)CCC[C@](C)(C(=O)O)[C@H]12. The van der Waals surface area contributed by atoms with Gasteiger partial charge < -0.3 is 20.1 Å². The number of carbonyl (C=O) groups is 2. The van der Waals surface area contributed by atoms with Crippen molar-refractivity contribution in [1.29, 1.82) is 0 Å². The molecule has 0 saturated heterocycles. The number of hydrogen-bond donors (Lipinski definition) is 3. The number of aliphatic hydroxyl groups excluding tert-OH is 1. The zero-order chi connectivity index (χ0) is 28.3. The normalized spacial score (nSPS) is 54.2. The molecule has 0 spiro atoms. The predicted molar refractivity (Wildman–Crippen MR) is 145 cm³/mol. The molecule has 0 aromatic carbocycles. The van der Waals surface area contributed by atoms with Crippen LogP contribution in [0.25, 0.3) is 0 Å². The lowest BCUT2D eigenvalue weighted by Crippen LogP contribution is -2.71. The number of carboxylic acid groups (broad SMARTS) is 1. The van der Waals surface area contributed by atoms with Crippen molar-refractivity contribution in [2.45, 2.75) is 131 Å². The summed E-state index contributed by atoms with van der Waals surface area (Å²) in [4.78, 5) is 25.2. The third-order valence-electron chi connectivity index (χ3n) is 13.9. The Morgan fingerprint density at radius 1 is 0.868 bits per heavy atom. The maximum atomic E-state index is 12.8. The molecule has 5 aliphatic carbocycles. The summed E-state index contributed by atoms with van der Waals surface area (Å²) < 4.78 is 6.11. The van der Waals surface area contributed by atoms with Crippen LogP contribution in [0.1, 0.15) is 113 Å². The highest BCUT2D eigenvalue weighted by atomic mass is 16.5. The first kappa shape index (κ1) is 28.4. The molecule has 5 fully saturated rings. The van der Waals surface area contributed by atoms with E-state index < -0.39 is 29.2 Å². The van der Waals surface area contributed by atoms with E-state index in [-0.39, 0.29) is 45.4 Å². The van der Waals surface area contributed by atoms with Gasteiger partial charge in [0.2, 0.25) is 0 Å². The lowest BCUT2D eigenvalue weighted by molar-refractivity contribution is -0.283. The first-order chi connectivity index (χ1) is 17.4. The second kappa shape index (κ2) is 8.44. The Morgan fingerprint density at radius 3 is 2.00 bits per heavy atom. The summed E-state index contributed by atoms with van der Waals surface area (Å²) in [5.41, 5.74) is -2.48. The third-order valence-corrected chi connectivity index (χ3v) is 13.9. The number of rotatable bonds is 3. The Hall–Kier alpha value is -1.14. The highest BCUT2D eigenvalue weighted by molar-refractivity contribution is 5.75. The topological polar surface area (TPSA) is 104 Å². The van der Waals surface area contributed by atoms with Crippen LogP contribution < -0.4 is 0 Å². The molecular weight excluding hydrogens is 480 g/mol. The van der Waals surface area contributed by atoms with E-state index in [4.69, 9.17) is 4.74 Å². The van der Waals surface area contributed by atoms with Crippen LogP contribution in [0.5, 0.6) is 0 Å². The van der Waals surface area contributed by atoms with Crippen molar-refractivity contribution in [3.05, 3.63) is 0 Å². The van der Waals surface area contributed by atoms with Crippen LogP contribution in [0.15, 0.2) is 0 Å². The number of carbonyl (C=O) groups excluding carboxylic acids is 1. The largest absolute Gasteiger partial charge is 0.481 e. The summed E-state index contributed by atoms with van der Waals surface area (Å²) in [6.45, 7) is 16.6. The molecule has 0 unspecified atom stereocenters. The molecule has 0 aromatic heterocycles. The van der Waals surface area contributed by atoms with Gasteiger partial charge in [-0.2, -0.15) is 0 Å². The number of carboxylic acids is 1. The molecule has 5 rings (SSSR count). The van der Waals surface area contributed by atoms with Crippen molar-refractivity contribution in [1.82, 2.24) is 0 Å². The van der Waals surface area contributed by atoms with E-state index in [1.807, 2.05) is 20.8 Å². The minimum absolute atomic E-state index is 0.0676. The zero-order valence-electron chi connectivity index (χ0n) is 25.0. The molecule has 3 N–H and O–H groups in total. The highest BCUT2D eigenvalue weighted by Crippen LogP contribution is 2.78. The number of fused-ring (bicyclic) bond motifs is 7. The Labute approximate surface area is 229 Å². The van der Waals surface area contributed by atoms with E-state index in [1.165, 1.54) is 6.92 Å². The lowest BCUT2D eigenvalue weighted by atomic mass is 9.31. The smallest absolute Gasteiger partial charge is 0.309 e. The van der Waals surface area contributed by atoms with Crippen LogP contribution in [-0.4, -0.2) is 45.1 Å². The van der Waals surface area contributed by atoms with Crippen molar-refractivity contribution in [2.75, 3.05) is 0 Å². The van der Waals surface area contributed by atoms with Gasteiger partial charge in [0, 0.05) is 12.8 Å². The average Bonchev–Trinajstić information content (AvgIpc) is 3.13. The van der Waals surface area contributed by atoms with Crippen molar-refractivity contribution in [2.24, 2.45) is 56.7 Å². The molecule has 5 aliphatic rings. The fourth-order valence-electron chi connectivity index (χ4n) is 12.6. The number of hydrogen-bond acceptors (Lipinski definition) is 5. The molecule has 5 saturated carbocycles. The molecular formula is C32H52O6. The first-order valence-electron chi connectivity index (χ1n) is 15.2. The molecule has 12 atom stereocenters. The molecule has 38 heavy (non-hydrogen) atoms. The van der Waals surface area contributed by atoms with E-state index in [0.29, 0.717) is 31.1 Å². The maximum absolute atomic E-state index is 12.8. The Bertz CT molecular complexity index is 1000. The first-order valence-corrected chi connectivity index (χ1v) is 15.2. The van der Waals surface area contributed by atoms with E-state index in [1.54, 1.807) is 0 Å². The minimum atomic E-state index is -0.930. The molecule has 0 aromatic rings. The van der Waals surface area contributed by atoms with Gasteiger partial charge in [-0.05, 0) is 117 Å². The van der Waals surface area contributed by atoms with Gasteiger partial charge in [-0.3, -0.25) is 9.59 Å². The summed E-state index contributed by atoms with van der Waals surface area (Å²) in [7, 11) is 0. The zero-order valence-corrected chi connectivity index (χ0v) is 25.0. The van der Waals surface area contributed by atoms with Crippen LogP contribution in [0.3, 0.4) is 0 Å². The van der Waals surface area contributed by atoms with Crippen molar-refractivity contribution in [3.63, 3.8) is 0 Å². The van der Waals surface area contributed by atoms with Crippen LogP contribution >= 0.6 is 0 Å². The standard InChI is InChI=1S/C32H52O6/c1-18(33)38-21-17-32(8)23(29(5)13-9-14-30(6,25(21)29)26(35)36)11-10-22-28(4)15-12-19(27(2,3)37)24(28)20(34)16-31(22,32)7/h19-25,34,37H,9-17H2,1-8H3,(H,35,36)/t19-,20-,21-,22+,23+,24+,25+,28+,29+,30-,31+,32+/m0/s1. The highest BCUT2D eigenvalue weighted by Gasteiger charge is 2.74. The van der Waals surface area contributed by atoms with Crippen molar-refractivity contribution in [3.8, 4) is 0 Å². The second-order valence-corrected chi connectivity index (χ2v) is 16.0. The Kier molecular flexibility index (Phi) is 6.31. The van der Waals surface area contributed by atoms with E-state index in [0.717, 1.165) is 38.5 Å². The van der Waals surface area contributed by atoms with Crippen molar-refractivity contribution < 1.29 is 29.6 Å². The van der Waals surface area contributed by atoms with Gasteiger partial charge in [0.1, 0.15) is 6.10 Å². The molecule has 216 valence electrons. The number of esters is 1. The van der Waals surface area contributed by atoms with Gasteiger partial charge in [0.05, 0.1) is 17.1 Å². The minimum Gasteiger partial charge on any atom is -0.481 e. The summed E-state index contributed by atoms with van der Waals surface area (Å²) in [6, 6.07) is 0. The molecule has 0 radical (unpaired) electrons. The van der Waals surface area contributed by atoms with Crippen LogP contribution in [-0.2, 0) is 14.3 Å². The van der Waals surface area contributed by atoms with Crippen LogP contribution in [0, 0.1) is 56.7 Å². The fourth-order valence-corrected chi connectivity index (χ4v) is 12.6. The molecule has 0 amide bonds. The van der Waals surface area contributed by atoms with Gasteiger partial charge in [-0.1, -0.05) is 34.1 Å².